The lowest BCUT2D eigenvalue weighted by molar-refractivity contribution is -0.137. The predicted octanol–water partition coefficient (Wildman–Crippen LogP) is 3.05. The molecule has 9 nitrogen and oxygen atoms in total. The van der Waals surface area contributed by atoms with Gasteiger partial charge in [0.2, 0.25) is 0 Å². The van der Waals surface area contributed by atoms with Crippen LogP contribution in [0.25, 0.3) is 0 Å². The number of anilines is 3. The Bertz CT molecular complexity index is 1060. The summed E-state index contributed by atoms with van der Waals surface area (Å²) >= 11 is 1.14. The van der Waals surface area contributed by atoms with Gasteiger partial charge in [-0.2, -0.15) is 5.10 Å². The summed E-state index contributed by atoms with van der Waals surface area (Å²) in [5, 5.41) is 29.1. The monoisotopic (exact) mass is 401 g/mol. The van der Waals surface area contributed by atoms with E-state index in [-0.39, 0.29) is 18.2 Å². The number of hydrogen-bond donors (Lipinski definition) is 4. The lowest BCUT2D eigenvalue weighted by atomic mass is 10.1. The highest BCUT2D eigenvalue weighted by Crippen LogP contribution is 2.29. The third-order valence-corrected chi connectivity index (χ3v) is 5.03. The summed E-state index contributed by atoms with van der Waals surface area (Å²) in [5.41, 5.74) is 2.69. The molecule has 1 aromatic carbocycles. The normalized spacial score (nSPS) is 10.7. The summed E-state index contributed by atoms with van der Waals surface area (Å²) < 4.78 is 1.36. The summed E-state index contributed by atoms with van der Waals surface area (Å²) in [4.78, 5) is 27.9. The van der Waals surface area contributed by atoms with Gasteiger partial charge in [0.15, 0.2) is 10.9 Å². The molecule has 4 N–H and O–H groups in total. The third-order valence-electron chi connectivity index (χ3n) is 4.11. The molecule has 3 rings (SSSR count). The van der Waals surface area contributed by atoms with Crippen molar-refractivity contribution in [2.75, 3.05) is 10.6 Å². The lowest BCUT2D eigenvalue weighted by Gasteiger charge is -2.11. The Morgan fingerprint density at radius 3 is 2.71 bits per heavy atom. The first-order valence-electron chi connectivity index (χ1n) is 8.34. The molecular formula is C18H19N5O4S. The maximum absolute atomic E-state index is 12.5. The number of benzene rings is 1. The van der Waals surface area contributed by atoms with Crippen LogP contribution in [0.1, 0.15) is 26.5 Å². The highest BCUT2D eigenvalue weighted by atomic mass is 32.1. The van der Waals surface area contributed by atoms with Crippen molar-refractivity contribution < 1.29 is 19.8 Å². The number of aryl methyl sites for hydroxylation is 2. The van der Waals surface area contributed by atoms with Crippen molar-refractivity contribution >= 4 is 39.9 Å². The average Bonchev–Trinajstić information content (AvgIpc) is 3.22. The number of thiazole rings is 1. The van der Waals surface area contributed by atoms with Crippen LogP contribution in [0.5, 0.6) is 5.75 Å². The van der Waals surface area contributed by atoms with Crippen LogP contribution in [0.15, 0.2) is 24.4 Å². The fraction of sp³-hybridized carbons (Fsp3) is 0.222. The Labute approximate surface area is 164 Å². The number of nitrogens with zero attached hydrogens (tertiary/aromatic N) is 3. The molecule has 0 aliphatic heterocycles. The first-order chi connectivity index (χ1) is 13.2. The van der Waals surface area contributed by atoms with Crippen LogP contribution in [0.2, 0.25) is 0 Å². The quantitative estimate of drug-likeness (QED) is 0.499. The van der Waals surface area contributed by atoms with Gasteiger partial charge in [0.05, 0.1) is 11.9 Å². The van der Waals surface area contributed by atoms with E-state index in [4.69, 9.17) is 5.11 Å². The zero-order valence-corrected chi connectivity index (χ0v) is 16.3. The van der Waals surface area contributed by atoms with E-state index in [0.717, 1.165) is 16.9 Å². The number of rotatable bonds is 6. The van der Waals surface area contributed by atoms with Crippen molar-refractivity contribution in [2.45, 2.75) is 27.3 Å². The van der Waals surface area contributed by atoms with Crippen LogP contribution in [-0.2, 0) is 11.3 Å². The molecule has 0 unspecified atom stereocenters. The second-order valence-corrected chi connectivity index (χ2v) is 7.26. The number of carbonyl (C=O) groups is 2. The van der Waals surface area contributed by atoms with Crippen molar-refractivity contribution in [2.24, 2.45) is 0 Å². The highest BCUT2D eigenvalue weighted by Gasteiger charge is 2.16. The van der Waals surface area contributed by atoms with E-state index in [2.05, 4.69) is 20.7 Å². The average molecular weight is 401 g/mol. The number of aromatic nitrogens is 3. The Balaban J connectivity index is 1.73. The summed E-state index contributed by atoms with van der Waals surface area (Å²) in [7, 11) is 0. The molecule has 2 heterocycles. The maximum Gasteiger partial charge on any atom is 0.325 e. The van der Waals surface area contributed by atoms with Crippen LogP contribution in [0.3, 0.4) is 0 Å². The second-order valence-electron chi connectivity index (χ2n) is 6.23. The largest absolute Gasteiger partial charge is 0.508 e. The summed E-state index contributed by atoms with van der Waals surface area (Å²) in [6.07, 6.45) is 1.44. The molecule has 2 aromatic heterocycles. The van der Waals surface area contributed by atoms with Gasteiger partial charge >= 0.3 is 5.97 Å². The molecule has 0 bridgehead atoms. The Morgan fingerprint density at radius 2 is 2.00 bits per heavy atom. The van der Waals surface area contributed by atoms with E-state index >= 15 is 0 Å². The van der Waals surface area contributed by atoms with Gasteiger partial charge in [-0.3, -0.25) is 14.3 Å². The molecule has 0 aliphatic carbocycles. The number of phenolic OH excluding ortho intramolecular Hbond substituents is 1. The Morgan fingerprint density at radius 1 is 1.25 bits per heavy atom. The Hall–Kier alpha value is -3.40. The molecule has 0 spiro atoms. The van der Waals surface area contributed by atoms with Crippen LogP contribution >= 0.6 is 11.3 Å². The molecule has 0 radical (unpaired) electrons. The zero-order chi connectivity index (χ0) is 20.4. The molecular weight excluding hydrogens is 382 g/mol. The van der Waals surface area contributed by atoms with E-state index in [1.54, 1.807) is 32.0 Å². The van der Waals surface area contributed by atoms with Gasteiger partial charge in [-0.25, -0.2) is 4.98 Å². The Kier molecular flexibility index (Phi) is 5.32. The smallest absolute Gasteiger partial charge is 0.325 e. The van der Waals surface area contributed by atoms with Crippen molar-refractivity contribution in [1.29, 1.82) is 0 Å². The minimum Gasteiger partial charge on any atom is -0.508 e. The van der Waals surface area contributed by atoms with Crippen molar-refractivity contribution in [1.82, 2.24) is 14.8 Å². The van der Waals surface area contributed by atoms with Gasteiger partial charge in [0.25, 0.3) is 5.91 Å². The van der Waals surface area contributed by atoms with E-state index < -0.39 is 5.97 Å². The third kappa shape index (κ3) is 4.12. The SMILES string of the molecule is Cc1ccc(O)c(C)c1NC(=O)c1cnc(Nc2cc(C)n(CC(=O)O)n2)s1. The lowest BCUT2D eigenvalue weighted by Crippen LogP contribution is -2.12. The first kappa shape index (κ1) is 19.4. The van der Waals surface area contributed by atoms with Crippen LogP contribution < -0.4 is 10.6 Å². The van der Waals surface area contributed by atoms with E-state index in [9.17, 15) is 14.7 Å². The number of carboxylic acid groups (broad SMARTS) is 1. The molecule has 0 saturated heterocycles. The summed E-state index contributed by atoms with van der Waals surface area (Å²) in [6.45, 7) is 5.09. The number of nitrogens with one attached hydrogen (secondary N) is 2. The molecule has 0 aliphatic rings. The number of aromatic hydroxyl groups is 1. The second kappa shape index (κ2) is 7.69. The molecule has 0 saturated carbocycles. The molecule has 1 amide bonds. The summed E-state index contributed by atoms with van der Waals surface area (Å²) in [6, 6.07) is 5.01. The molecule has 146 valence electrons. The fourth-order valence-electron chi connectivity index (χ4n) is 2.61. The van der Waals surface area contributed by atoms with Gasteiger partial charge < -0.3 is 20.8 Å². The topological polar surface area (TPSA) is 129 Å². The van der Waals surface area contributed by atoms with Gasteiger partial charge in [-0.15, -0.1) is 0 Å². The molecule has 0 fully saturated rings. The van der Waals surface area contributed by atoms with Crippen molar-refractivity contribution in [3.63, 3.8) is 0 Å². The molecule has 3 aromatic rings. The summed E-state index contributed by atoms with van der Waals surface area (Å²) in [5.74, 6) is -0.766. The number of aliphatic carboxylic acids is 1. The van der Waals surface area contributed by atoms with Gasteiger partial charge in [-0.05, 0) is 32.4 Å². The van der Waals surface area contributed by atoms with Crippen LogP contribution in [0, 0.1) is 20.8 Å². The molecule has 0 atom stereocenters. The van der Waals surface area contributed by atoms with Crippen LogP contribution in [0.4, 0.5) is 16.6 Å². The standard InChI is InChI=1S/C18H19N5O4S/c1-9-4-5-12(24)11(3)16(9)21-17(27)13-7-19-18(28-13)20-14-6-10(2)23(22-14)8-15(25)26/h4-7,24H,8H2,1-3H3,(H,21,27)(H,25,26)(H,19,20,22). The number of carbonyl (C=O) groups excluding carboxylic acids is 1. The van der Waals surface area contributed by atoms with Gasteiger partial charge in [0.1, 0.15) is 17.2 Å². The van der Waals surface area contributed by atoms with Gasteiger partial charge in [0, 0.05) is 17.3 Å². The number of carboxylic acids is 1. The first-order valence-corrected chi connectivity index (χ1v) is 9.16. The fourth-order valence-corrected chi connectivity index (χ4v) is 3.33. The maximum atomic E-state index is 12.5. The molecule has 10 heteroatoms. The number of amides is 1. The molecule has 28 heavy (non-hydrogen) atoms. The number of phenols is 1. The van der Waals surface area contributed by atoms with Crippen molar-refractivity contribution in [3.05, 3.63) is 46.1 Å². The predicted molar refractivity (Wildman–Crippen MR) is 106 cm³/mol. The number of hydrogen-bond acceptors (Lipinski definition) is 7. The van der Waals surface area contributed by atoms with Crippen molar-refractivity contribution in [3.8, 4) is 5.75 Å². The minimum atomic E-state index is -0.983. The highest BCUT2D eigenvalue weighted by molar-refractivity contribution is 7.17. The zero-order valence-electron chi connectivity index (χ0n) is 15.5. The van der Waals surface area contributed by atoms with E-state index in [0.29, 0.717) is 32.8 Å². The minimum absolute atomic E-state index is 0.111. The van der Waals surface area contributed by atoms with E-state index in [1.807, 2.05) is 6.92 Å². The van der Waals surface area contributed by atoms with Gasteiger partial charge in [-0.1, -0.05) is 17.4 Å². The van der Waals surface area contributed by atoms with Crippen LogP contribution in [-0.4, -0.2) is 36.9 Å². The van der Waals surface area contributed by atoms with E-state index in [1.165, 1.54) is 10.9 Å².